The van der Waals surface area contributed by atoms with Crippen molar-refractivity contribution in [3.8, 4) is 0 Å². The summed E-state index contributed by atoms with van der Waals surface area (Å²) >= 11 is 5.91. The molecule has 1 aromatic carbocycles. The van der Waals surface area contributed by atoms with Crippen molar-refractivity contribution in [3.05, 3.63) is 58.9 Å². The first-order valence-electron chi connectivity index (χ1n) is 8.51. The summed E-state index contributed by atoms with van der Waals surface area (Å²) in [4.78, 5) is 20.6. The highest BCUT2D eigenvalue weighted by Crippen LogP contribution is 2.20. The molecule has 0 spiro atoms. The molecular weight excluding hydrogens is 336 g/mol. The van der Waals surface area contributed by atoms with Gasteiger partial charge in [0.15, 0.2) is 0 Å². The monoisotopic (exact) mass is 356 g/mol. The summed E-state index contributed by atoms with van der Waals surface area (Å²) in [6.07, 6.45) is 11.4. The molecule has 0 atom stereocenters. The fourth-order valence-corrected chi connectivity index (χ4v) is 2.96. The van der Waals surface area contributed by atoms with Crippen LogP contribution in [0.5, 0.6) is 0 Å². The Bertz CT molecular complexity index is 758. The number of carbonyl (C=O) groups excluding carboxylic acids is 1. The third-order valence-corrected chi connectivity index (χ3v) is 4.35. The number of carbonyl (C=O) groups is 1. The van der Waals surface area contributed by atoms with Crippen LogP contribution >= 0.6 is 11.6 Å². The number of nitrogens with zero attached hydrogens (tertiary/aromatic N) is 2. The highest BCUT2D eigenvalue weighted by molar-refractivity contribution is 6.30. The molecule has 0 radical (unpaired) electrons. The first kappa shape index (κ1) is 17.4. The minimum absolute atomic E-state index is 0.263. The lowest BCUT2D eigenvalue weighted by Gasteiger charge is -2.12. The zero-order valence-electron chi connectivity index (χ0n) is 14.0. The average molecular weight is 357 g/mol. The number of hydrogen-bond donors (Lipinski definition) is 2. The van der Waals surface area contributed by atoms with Crippen molar-refractivity contribution >= 4 is 29.1 Å². The van der Waals surface area contributed by atoms with Crippen LogP contribution in [0.1, 0.15) is 42.5 Å². The number of amides is 1. The van der Waals surface area contributed by atoms with E-state index in [0.29, 0.717) is 22.2 Å². The lowest BCUT2D eigenvalue weighted by Crippen LogP contribution is -2.14. The summed E-state index contributed by atoms with van der Waals surface area (Å²) in [7, 11) is 0. The Morgan fingerprint density at radius 1 is 1.20 bits per heavy atom. The number of halogens is 1. The molecule has 0 fully saturated rings. The fraction of sp³-hybridized carbons (Fsp3) is 0.316. The Kier molecular flexibility index (Phi) is 6.01. The number of anilines is 2. The largest absolute Gasteiger partial charge is 0.354 e. The van der Waals surface area contributed by atoms with E-state index in [9.17, 15) is 4.79 Å². The molecule has 0 unspecified atom stereocenters. The molecule has 25 heavy (non-hydrogen) atoms. The molecule has 1 aromatic heterocycles. The van der Waals surface area contributed by atoms with Crippen molar-refractivity contribution < 1.29 is 4.79 Å². The van der Waals surface area contributed by atoms with Crippen LogP contribution in [0, 0.1) is 0 Å². The van der Waals surface area contributed by atoms with Gasteiger partial charge in [-0.3, -0.25) is 4.79 Å². The SMILES string of the molecule is O=C(Nc1cccc(Cl)c1)c1cnc(NCCC2=CCCCC2)nc1. The van der Waals surface area contributed by atoms with E-state index in [4.69, 9.17) is 11.6 Å². The summed E-state index contributed by atoms with van der Waals surface area (Å²) < 4.78 is 0. The maximum absolute atomic E-state index is 12.2. The zero-order valence-corrected chi connectivity index (χ0v) is 14.7. The molecule has 130 valence electrons. The van der Waals surface area contributed by atoms with Crippen LogP contribution in [-0.4, -0.2) is 22.4 Å². The van der Waals surface area contributed by atoms with E-state index in [1.807, 2.05) is 0 Å². The molecule has 1 amide bonds. The Balaban J connectivity index is 1.51. The molecule has 5 nitrogen and oxygen atoms in total. The Hall–Kier alpha value is -2.40. The highest BCUT2D eigenvalue weighted by atomic mass is 35.5. The van der Waals surface area contributed by atoms with Crippen molar-refractivity contribution in [2.45, 2.75) is 32.1 Å². The minimum Gasteiger partial charge on any atom is -0.354 e. The van der Waals surface area contributed by atoms with Crippen LogP contribution in [0.2, 0.25) is 5.02 Å². The smallest absolute Gasteiger partial charge is 0.258 e. The van der Waals surface area contributed by atoms with Gasteiger partial charge in [0.1, 0.15) is 0 Å². The van der Waals surface area contributed by atoms with Crippen LogP contribution in [-0.2, 0) is 0 Å². The quantitative estimate of drug-likeness (QED) is 0.737. The molecule has 3 rings (SSSR count). The van der Waals surface area contributed by atoms with Crippen molar-refractivity contribution in [1.29, 1.82) is 0 Å². The van der Waals surface area contributed by atoms with Gasteiger partial charge in [0.2, 0.25) is 5.95 Å². The van der Waals surface area contributed by atoms with Gasteiger partial charge in [-0.2, -0.15) is 0 Å². The minimum atomic E-state index is -0.263. The van der Waals surface area contributed by atoms with Crippen LogP contribution in [0.4, 0.5) is 11.6 Å². The lowest BCUT2D eigenvalue weighted by atomic mass is 9.97. The van der Waals surface area contributed by atoms with Gasteiger partial charge < -0.3 is 10.6 Å². The predicted molar refractivity (Wildman–Crippen MR) is 101 cm³/mol. The maximum atomic E-state index is 12.2. The van der Waals surface area contributed by atoms with Gasteiger partial charge in [-0.05, 0) is 50.3 Å². The van der Waals surface area contributed by atoms with Crippen LogP contribution in [0.3, 0.4) is 0 Å². The molecule has 0 aliphatic heterocycles. The van der Waals surface area contributed by atoms with Crippen LogP contribution in [0.15, 0.2) is 48.3 Å². The molecule has 1 aliphatic rings. The Morgan fingerprint density at radius 2 is 2.04 bits per heavy atom. The maximum Gasteiger partial charge on any atom is 0.258 e. The molecular formula is C19H21ClN4O. The molecule has 6 heteroatoms. The number of aromatic nitrogens is 2. The van der Waals surface area contributed by atoms with Crippen molar-refractivity contribution in [2.24, 2.45) is 0 Å². The van der Waals surface area contributed by atoms with Crippen LogP contribution in [0.25, 0.3) is 0 Å². The van der Waals surface area contributed by atoms with E-state index < -0.39 is 0 Å². The molecule has 1 heterocycles. The van der Waals surface area contributed by atoms with Crippen molar-refractivity contribution in [3.63, 3.8) is 0 Å². The number of nitrogens with one attached hydrogen (secondary N) is 2. The molecule has 0 bridgehead atoms. The first-order valence-corrected chi connectivity index (χ1v) is 8.89. The summed E-state index contributed by atoms with van der Waals surface area (Å²) in [5, 5.41) is 6.55. The second kappa shape index (κ2) is 8.62. The molecule has 1 aliphatic carbocycles. The number of rotatable bonds is 6. The van der Waals surface area contributed by atoms with E-state index in [-0.39, 0.29) is 5.91 Å². The van der Waals surface area contributed by atoms with Crippen molar-refractivity contribution in [1.82, 2.24) is 9.97 Å². The lowest BCUT2D eigenvalue weighted by molar-refractivity contribution is 0.102. The molecule has 2 aromatic rings. The van der Waals surface area contributed by atoms with Gasteiger partial charge in [0.25, 0.3) is 5.91 Å². The van der Waals surface area contributed by atoms with E-state index in [1.165, 1.54) is 43.7 Å². The molecule has 0 saturated heterocycles. The molecule has 2 N–H and O–H groups in total. The predicted octanol–water partition coefficient (Wildman–Crippen LogP) is 4.68. The molecule has 0 saturated carbocycles. The van der Waals surface area contributed by atoms with E-state index in [2.05, 4.69) is 26.7 Å². The summed E-state index contributed by atoms with van der Waals surface area (Å²) in [6.45, 7) is 0.805. The van der Waals surface area contributed by atoms with E-state index in [1.54, 1.807) is 24.3 Å². The van der Waals surface area contributed by atoms with Crippen molar-refractivity contribution in [2.75, 3.05) is 17.2 Å². The van der Waals surface area contributed by atoms with Gasteiger partial charge >= 0.3 is 0 Å². The summed E-state index contributed by atoms with van der Waals surface area (Å²) in [5.41, 5.74) is 2.55. The second-order valence-electron chi connectivity index (χ2n) is 6.04. The normalized spacial score (nSPS) is 13.9. The van der Waals surface area contributed by atoms with Gasteiger partial charge in [0.05, 0.1) is 5.56 Å². The third kappa shape index (κ3) is 5.29. The standard InChI is InChI=1S/C19H21ClN4O/c20-16-7-4-8-17(11-16)24-18(25)15-12-22-19(23-13-15)21-10-9-14-5-2-1-3-6-14/h4-5,7-8,11-13H,1-3,6,9-10H2,(H,24,25)(H,21,22,23). The van der Waals surface area contributed by atoms with Crippen LogP contribution < -0.4 is 10.6 Å². The van der Waals surface area contributed by atoms with Gasteiger partial charge in [-0.25, -0.2) is 9.97 Å². The summed E-state index contributed by atoms with van der Waals surface area (Å²) in [5.74, 6) is 0.275. The Morgan fingerprint density at radius 3 is 2.76 bits per heavy atom. The highest BCUT2D eigenvalue weighted by Gasteiger charge is 2.08. The number of allylic oxidation sites excluding steroid dienone is 1. The second-order valence-corrected chi connectivity index (χ2v) is 6.48. The average Bonchev–Trinajstić information content (AvgIpc) is 2.63. The van der Waals surface area contributed by atoms with Gasteiger partial charge in [-0.15, -0.1) is 0 Å². The fourth-order valence-electron chi connectivity index (χ4n) is 2.77. The number of hydrogen-bond acceptors (Lipinski definition) is 4. The van der Waals surface area contributed by atoms with E-state index >= 15 is 0 Å². The topological polar surface area (TPSA) is 66.9 Å². The summed E-state index contributed by atoms with van der Waals surface area (Å²) in [6, 6.07) is 7.00. The van der Waals surface area contributed by atoms with E-state index in [0.717, 1.165) is 13.0 Å². The zero-order chi connectivity index (χ0) is 17.5. The Labute approximate surface area is 152 Å². The first-order chi connectivity index (χ1) is 12.2. The third-order valence-electron chi connectivity index (χ3n) is 4.11. The number of benzene rings is 1. The van der Waals surface area contributed by atoms with Gasteiger partial charge in [-0.1, -0.05) is 29.3 Å². The van der Waals surface area contributed by atoms with Gasteiger partial charge in [0, 0.05) is 29.6 Å².